The van der Waals surface area contributed by atoms with Crippen LogP contribution < -0.4 is 0 Å². The van der Waals surface area contributed by atoms with Crippen molar-refractivity contribution in [3.05, 3.63) is 91.0 Å². The summed E-state index contributed by atoms with van der Waals surface area (Å²) < 4.78 is 5.08. The lowest BCUT2D eigenvalue weighted by molar-refractivity contribution is 0.651. The van der Waals surface area contributed by atoms with Crippen molar-refractivity contribution in [2.75, 3.05) is 0 Å². The number of imidazole rings is 1. The highest BCUT2D eigenvalue weighted by Crippen LogP contribution is 2.40. The number of nitrogens with zero attached hydrogens (tertiary/aromatic N) is 2. The molecule has 6 aromatic rings. The van der Waals surface area contributed by atoms with Gasteiger partial charge in [0, 0.05) is 32.3 Å². The first-order valence-corrected chi connectivity index (χ1v) is 12.1. The fourth-order valence-corrected chi connectivity index (χ4v) is 5.85. The number of para-hydroxylation sites is 2. The van der Waals surface area contributed by atoms with Gasteiger partial charge in [0.15, 0.2) is 0 Å². The van der Waals surface area contributed by atoms with Crippen molar-refractivity contribution in [2.45, 2.75) is 26.3 Å². The fourth-order valence-electron chi connectivity index (χ4n) is 4.61. The van der Waals surface area contributed by atoms with Crippen LogP contribution in [0.15, 0.2) is 91.0 Å². The van der Waals surface area contributed by atoms with Crippen LogP contribution in [0, 0.1) is 0 Å². The van der Waals surface area contributed by atoms with Crippen LogP contribution in [0.25, 0.3) is 53.7 Å². The molecule has 0 amide bonds. The second kappa shape index (κ2) is 7.92. The number of thiophene rings is 1. The molecular formula is C29H24N2S. The van der Waals surface area contributed by atoms with Crippen molar-refractivity contribution in [3.8, 4) is 22.5 Å². The number of hydrogen-bond donors (Lipinski definition) is 0. The Balaban J connectivity index is 1.45. The molecule has 2 aromatic heterocycles. The standard InChI is InChI=1S/C29H24N2S/c1-2-3-19-31-26-13-6-5-12-25(26)30-29(31)21-17-15-20(16-18-21)22-10-8-11-24-23-9-4-7-14-27(23)32-28(22)24/h4-18H,2-3,19H2,1H3. The molecule has 0 N–H and O–H groups in total. The van der Waals surface area contributed by atoms with Crippen LogP contribution in [0.1, 0.15) is 19.8 Å². The number of aromatic nitrogens is 2. The van der Waals surface area contributed by atoms with Gasteiger partial charge in [-0.2, -0.15) is 0 Å². The Morgan fingerprint density at radius 2 is 1.50 bits per heavy atom. The molecule has 0 spiro atoms. The van der Waals surface area contributed by atoms with Gasteiger partial charge in [0.1, 0.15) is 5.82 Å². The minimum absolute atomic E-state index is 0.995. The lowest BCUT2D eigenvalue weighted by Crippen LogP contribution is -2.00. The zero-order chi connectivity index (χ0) is 21.5. The molecule has 0 radical (unpaired) electrons. The SMILES string of the molecule is CCCCn1c(-c2ccc(-c3cccc4c3sc3ccccc34)cc2)nc2ccccc21. The molecule has 6 rings (SSSR count). The Labute approximate surface area is 191 Å². The average Bonchev–Trinajstić information content (AvgIpc) is 3.41. The van der Waals surface area contributed by atoms with Crippen molar-refractivity contribution in [1.29, 1.82) is 0 Å². The summed E-state index contributed by atoms with van der Waals surface area (Å²) in [6, 6.07) is 32.7. The maximum Gasteiger partial charge on any atom is 0.141 e. The van der Waals surface area contributed by atoms with E-state index < -0.39 is 0 Å². The van der Waals surface area contributed by atoms with Gasteiger partial charge in [0.25, 0.3) is 0 Å². The molecule has 4 aromatic carbocycles. The highest BCUT2D eigenvalue weighted by molar-refractivity contribution is 7.26. The summed E-state index contributed by atoms with van der Waals surface area (Å²) in [5, 5.41) is 2.68. The van der Waals surface area contributed by atoms with E-state index in [1.807, 2.05) is 11.3 Å². The van der Waals surface area contributed by atoms with Gasteiger partial charge in [-0.15, -0.1) is 11.3 Å². The third kappa shape index (κ3) is 3.12. The van der Waals surface area contributed by atoms with Crippen LogP contribution in [-0.4, -0.2) is 9.55 Å². The minimum Gasteiger partial charge on any atom is -0.324 e. The van der Waals surface area contributed by atoms with Crippen molar-refractivity contribution < 1.29 is 0 Å². The average molecular weight is 433 g/mol. The highest BCUT2D eigenvalue weighted by atomic mass is 32.1. The molecule has 0 bridgehead atoms. The molecule has 0 saturated carbocycles. The van der Waals surface area contributed by atoms with Gasteiger partial charge in [0.2, 0.25) is 0 Å². The van der Waals surface area contributed by atoms with Crippen molar-refractivity contribution in [2.24, 2.45) is 0 Å². The van der Waals surface area contributed by atoms with E-state index in [2.05, 4.69) is 102 Å². The lowest BCUT2D eigenvalue weighted by atomic mass is 10.0. The summed E-state index contributed by atoms with van der Waals surface area (Å²) in [6.07, 6.45) is 2.32. The van der Waals surface area contributed by atoms with E-state index in [9.17, 15) is 0 Å². The number of fused-ring (bicyclic) bond motifs is 4. The van der Waals surface area contributed by atoms with Gasteiger partial charge >= 0.3 is 0 Å². The summed E-state index contributed by atoms with van der Waals surface area (Å²) in [5.74, 6) is 1.06. The minimum atomic E-state index is 0.995. The largest absolute Gasteiger partial charge is 0.324 e. The van der Waals surface area contributed by atoms with Crippen LogP contribution >= 0.6 is 11.3 Å². The molecule has 0 fully saturated rings. The third-order valence-electron chi connectivity index (χ3n) is 6.25. The summed E-state index contributed by atoms with van der Waals surface area (Å²) in [6.45, 7) is 3.23. The molecule has 0 aliphatic carbocycles. The summed E-state index contributed by atoms with van der Waals surface area (Å²) >= 11 is 1.88. The van der Waals surface area contributed by atoms with Gasteiger partial charge in [-0.05, 0) is 35.7 Å². The first-order valence-electron chi connectivity index (χ1n) is 11.3. The van der Waals surface area contributed by atoms with E-state index >= 15 is 0 Å². The summed E-state index contributed by atoms with van der Waals surface area (Å²) in [5.41, 5.74) is 6.01. The second-order valence-corrected chi connectivity index (χ2v) is 9.34. The second-order valence-electron chi connectivity index (χ2n) is 8.29. The summed E-state index contributed by atoms with van der Waals surface area (Å²) in [7, 11) is 0. The van der Waals surface area contributed by atoms with Gasteiger partial charge in [-0.25, -0.2) is 4.98 Å². The first-order chi connectivity index (χ1) is 15.8. The predicted octanol–water partition coefficient (Wildman–Crippen LogP) is 8.54. The Bertz CT molecular complexity index is 1550. The van der Waals surface area contributed by atoms with E-state index in [0.29, 0.717) is 0 Å². The molecule has 32 heavy (non-hydrogen) atoms. The van der Waals surface area contributed by atoms with E-state index in [1.165, 1.54) is 48.8 Å². The van der Waals surface area contributed by atoms with Crippen molar-refractivity contribution >= 4 is 42.5 Å². The van der Waals surface area contributed by atoms with Gasteiger partial charge < -0.3 is 4.57 Å². The number of aryl methyl sites for hydroxylation is 1. The molecule has 3 heteroatoms. The van der Waals surface area contributed by atoms with Crippen LogP contribution in [0.2, 0.25) is 0 Å². The van der Waals surface area contributed by atoms with E-state index in [-0.39, 0.29) is 0 Å². The Morgan fingerprint density at radius 3 is 2.38 bits per heavy atom. The number of hydrogen-bond acceptors (Lipinski definition) is 2. The molecular weight excluding hydrogens is 408 g/mol. The van der Waals surface area contributed by atoms with Gasteiger partial charge in [-0.1, -0.05) is 86.1 Å². The molecule has 0 unspecified atom stereocenters. The van der Waals surface area contributed by atoms with Gasteiger partial charge in [0.05, 0.1) is 11.0 Å². The highest BCUT2D eigenvalue weighted by Gasteiger charge is 2.14. The molecule has 0 aliphatic rings. The topological polar surface area (TPSA) is 17.8 Å². The van der Waals surface area contributed by atoms with E-state index in [1.54, 1.807) is 0 Å². The van der Waals surface area contributed by atoms with Crippen molar-refractivity contribution in [1.82, 2.24) is 9.55 Å². The van der Waals surface area contributed by atoms with E-state index in [0.717, 1.165) is 24.3 Å². The first kappa shape index (κ1) is 19.3. The monoisotopic (exact) mass is 432 g/mol. The van der Waals surface area contributed by atoms with E-state index in [4.69, 9.17) is 4.98 Å². The normalized spacial score (nSPS) is 11.7. The smallest absolute Gasteiger partial charge is 0.141 e. The molecule has 156 valence electrons. The van der Waals surface area contributed by atoms with Crippen LogP contribution in [-0.2, 0) is 6.54 Å². The Kier molecular flexibility index (Phi) is 4.77. The van der Waals surface area contributed by atoms with Crippen LogP contribution in [0.3, 0.4) is 0 Å². The van der Waals surface area contributed by atoms with Crippen LogP contribution in [0.4, 0.5) is 0 Å². The molecule has 0 aliphatic heterocycles. The Hall–Kier alpha value is -3.43. The lowest BCUT2D eigenvalue weighted by Gasteiger charge is -2.10. The zero-order valence-corrected chi connectivity index (χ0v) is 18.9. The Morgan fingerprint density at radius 1 is 0.750 bits per heavy atom. The fraction of sp³-hybridized carbons (Fsp3) is 0.138. The molecule has 2 heterocycles. The maximum atomic E-state index is 4.98. The molecule has 0 saturated heterocycles. The zero-order valence-electron chi connectivity index (χ0n) is 18.1. The third-order valence-corrected chi connectivity index (χ3v) is 7.47. The van der Waals surface area contributed by atoms with Crippen LogP contribution in [0.5, 0.6) is 0 Å². The predicted molar refractivity (Wildman–Crippen MR) is 138 cm³/mol. The molecule has 2 nitrogen and oxygen atoms in total. The van der Waals surface area contributed by atoms with Crippen molar-refractivity contribution in [3.63, 3.8) is 0 Å². The number of unbranched alkanes of at least 4 members (excludes halogenated alkanes) is 1. The van der Waals surface area contributed by atoms with Gasteiger partial charge in [-0.3, -0.25) is 0 Å². The molecule has 0 atom stereocenters. The number of benzene rings is 4. The maximum absolute atomic E-state index is 4.98. The quantitative estimate of drug-likeness (QED) is 0.267. The number of rotatable bonds is 5. The summed E-state index contributed by atoms with van der Waals surface area (Å²) in [4.78, 5) is 4.98.